The molecular formula is C23H15ClN2O7. The number of imide groups is 1. The van der Waals surface area contributed by atoms with Crippen LogP contribution in [0.15, 0.2) is 60.7 Å². The first-order valence-corrected chi connectivity index (χ1v) is 9.95. The van der Waals surface area contributed by atoms with Crippen LogP contribution in [-0.4, -0.2) is 29.8 Å². The number of methoxy groups -OCH3 is 1. The van der Waals surface area contributed by atoms with Gasteiger partial charge in [0.2, 0.25) is 0 Å². The number of nitro benzene ring substituents is 1. The van der Waals surface area contributed by atoms with E-state index in [9.17, 15) is 24.5 Å². The Labute approximate surface area is 192 Å². The summed E-state index contributed by atoms with van der Waals surface area (Å²) in [5.41, 5.74) is 0.101. The number of amides is 2. The van der Waals surface area contributed by atoms with Gasteiger partial charge in [-0.05, 0) is 48.0 Å². The maximum atomic E-state index is 13.0. The van der Waals surface area contributed by atoms with Crippen LogP contribution in [0.5, 0.6) is 5.75 Å². The molecule has 0 radical (unpaired) electrons. The Kier molecular flexibility index (Phi) is 5.80. The van der Waals surface area contributed by atoms with Crippen molar-refractivity contribution in [3.8, 4) is 5.75 Å². The molecule has 0 aromatic heterocycles. The molecule has 0 aliphatic carbocycles. The Balaban J connectivity index is 1.60. The first-order chi connectivity index (χ1) is 15.8. The van der Waals surface area contributed by atoms with Crippen LogP contribution in [0.2, 0.25) is 5.02 Å². The smallest absolute Gasteiger partial charge is 0.338 e. The molecule has 1 heterocycles. The van der Waals surface area contributed by atoms with E-state index in [0.717, 1.165) is 11.6 Å². The average Bonchev–Trinajstić information content (AvgIpc) is 3.07. The van der Waals surface area contributed by atoms with Gasteiger partial charge in [-0.25, -0.2) is 9.69 Å². The van der Waals surface area contributed by atoms with Crippen molar-refractivity contribution in [3.05, 3.63) is 98.1 Å². The van der Waals surface area contributed by atoms with Crippen LogP contribution in [0.4, 0.5) is 11.4 Å². The second kappa shape index (κ2) is 8.71. The molecule has 0 fully saturated rings. The molecule has 0 bridgehead atoms. The van der Waals surface area contributed by atoms with Gasteiger partial charge in [-0.2, -0.15) is 0 Å². The molecule has 1 aliphatic rings. The maximum Gasteiger partial charge on any atom is 0.338 e. The highest BCUT2D eigenvalue weighted by atomic mass is 35.5. The number of halogens is 1. The molecule has 0 saturated heterocycles. The highest BCUT2D eigenvalue weighted by molar-refractivity contribution is 6.35. The number of anilines is 1. The number of rotatable bonds is 6. The highest BCUT2D eigenvalue weighted by Gasteiger charge is 2.40. The van der Waals surface area contributed by atoms with Crippen LogP contribution in [0.25, 0.3) is 0 Å². The Bertz CT molecular complexity index is 1300. The van der Waals surface area contributed by atoms with Gasteiger partial charge in [0, 0.05) is 5.02 Å². The number of esters is 1. The summed E-state index contributed by atoms with van der Waals surface area (Å²) in [6, 6.07) is 14.5. The minimum Gasteiger partial charge on any atom is -0.496 e. The lowest BCUT2D eigenvalue weighted by Crippen LogP contribution is -2.30. The minimum absolute atomic E-state index is 0.00979. The number of benzene rings is 3. The topological polar surface area (TPSA) is 116 Å². The number of nitro groups is 1. The van der Waals surface area contributed by atoms with Crippen molar-refractivity contribution < 1.29 is 28.8 Å². The summed E-state index contributed by atoms with van der Waals surface area (Å²) < 4.78 is 10.3. The normalized spacial score (nSPS) is 12.5. The third-order valence-corrected chi connectivity index (χ3v) is 5.28. The van der Waals surface area contributed by atoms with Gasteiger partial charge in [0.15, 0.2) is 0 Å². The molecule has 3 aromatic carbocycles. The number of nitrogens with zero attached hydrogens (tertiary/aromatic N) is 2. The van der Waals surface area contributed by atoms with E-state index in [1.807, 2.05) is 0 Å². The monoisotopic (exact) mass is 466 g/mol. The van der Waals surface area contributed by atoms with E-state index in [4.69, 9.17) is 21.1 Å². The van der Waals surface area contributed by atoms with Crippen molar-refractivity contribution >= 4 is 40.8 Å². The van der Waals surface area contributed by atoms with Gasteiger partial charge >= 0.3 is 5.97 Å². The predicted octanol–water partition coefficient (Wildman–Crippen LogP) is 4.41. The first-order valence-electron chi connectivity index (χ1n) is 9.57. The van der Waals surface area contributed by atoms with Gasteiger partial charge in [-0.3, -0.25) is 19.7 Å². The molecule has 1 aliphatic heterocycles. The van der Waals surface area contributed by atoms with E-state index in [2.05, 4.69) is 0 Å². The van der Waals surface area contributed by atoms with Crippen LogP contribution < -0.4 is 9.64 Å². The largest absolute Gasteiger partial charge is 0.496 e. The van der Waals surface area contributed by atoms with Crippen molar-refractivity contribution in [1.82, 2.24) is 0 Å². The van der Waals surface area contributed by atoms with Crippen molar-refractivity contribution in [2.45, 2.75) is 6.61 Å². The van der Waals surface area contributed by atoms with Crippen molar-refractivity contribution in [1.29, 1.82) is 0 Å². The Hall–Kier alpha value is -4.24. The van der Waals surface area contributed by atoms with Crippen LogP contribution in [-0.2, 0) is 11.3 Å². The summed E-state index contributed by atoms with van der Waals surface area (Å²) in [7, 11) is 1.34. The summed E-state index contributed by atoms with van der Waals surface area (Å²) in [6.45, 7) is -0.00979. The molecule has 0 spiro atoms. The summed E-state index contributed by atoms with van der Waals surface area (Å²) >= 11 is 5.83. The predicted molar refractivity (Wildman–Crippen MR) is 118 cm³/mol. The van der Waals surface area contributed by atoms with Crippen LogP contribution in [0.3, 0.4) is 0 Å². The molecule has 3 aromatic rings. The van der Waals surface area contributed by atoms with Gasteiger partial charge in [-0.1, -0.05) is 23.7 Å². The number of carbonyl (C=O) groups excluding carboxylic acids is 3. The Morgan fingerprint density at radius 2 is 1.70 bits per heavy atom. The van der Waals surface area contributed by atoms with Gasteiger partial charge in [-0.15, -0.1) is 0 Å². The van der Waals surface area contributed by atoms with E-state index in [1.54, 1.807) is 24.3 Å². The summed E-state index contributed by atoms with van der Waals surface area (Å²) in [5.74, 6) is -2.00. The van der Waals surface area contributed by atoms with E-state index >= 15 is 0 Å². The Morgan fingerprint density at radius 3 is 2.36 bits per heavy atom. The summed E-state index contributed by atoms with van der Waals surface area (Å²) in [4.78, 5) is 49.9. The van der Waals surface area contributed by atoms with Gasteiger partial charge < -0.3 is 9.47 Å². The second-order valence-corrected chi connectivity index (χ2v) is 7.46. The lowest BCUT2D eigenvalue weighted by Gasteiger charge is -2.14. The number of carbonyl (C=O) groups is 3. The molecule has 4 rings (SSSR count). The standard InChI is InChI=1S/C23H15ClN2O7/c1-32-16-7-9-19(20(11-16)26(30)31)25-21(27)17-8-4-14(10-18(17)22(25)28)23(29)33-12-13-2-5-15(24)6-3-13/h2-11H,12H2,1H3. The van der Waals surface area contributed by atoms with Gasteiger partial charge in [0.1, 0.15) is 18.0 Å². The number of fused-ring (bicyclic) bond motifs is 1. The molecule has 2 amide bonds. The number of hydrogen-bond acceptors (Lipinski definition) is 7. The average molecular weight is 467 g/mol. The van der Waals surface area contributed by atoms with Gasteiger partial charge in [0.05, 0.1) is 34.8 Å². The van der Waals surface area contributed by atoms with Crippen molar-refractivity contribution in [3.63, 3.8) is 0 Å². The van der Waals surface area contributed by atoms with E-state index in [-0.39, 0.29) is 34.7 Å². The third kappa shape index (κ3) is 4.13. The van der Waals surface area contributed by atoms with E-state index < -0.39 is 28.4 Å². The lowest BCUT2D eigenvalue weighted by atomic mass is 10.1. The van der Waals surface area contributed by atoms with E-state index in [1.165, 1.54) is 37.4 Å². The zero-order chi connectivity index (χ0) is 23.7. The fourth-order valence-electron chi connectivity index (χ4n) is 3.36. The molecule has 0 saturated carbocycles. The molecule has 0 atom stereocenters. The fraction of sp³-hybridized carbons (Fsp3) is 0.0870. The zero-order valence-corrected chi connectivity index (χ0v) is 17.9. The SMILES string of the molecule is COc1ccc(N2C(=O)c3ccc(C(=O)OCc4ccc(Cl)cc4)cc3C2=O)c([N+](=O)[O-])c1. The molecule has 33 heavy (non-hydrogen) atoms. The lowest BCUT2D eigenvalue weighted by molar-refractivity contribution is -0.384. The molecule has 9 nitrogen and oxygen atoms in total. The molecular weight excluding hydrogens is 452 g/mol. The summed E-state index contributed by atoms with van der Waals surface area (Å²) in [6.07, 6.45) is 0. The van der Waals surface area contributed by atoms with Crippen molar-refractivity contribution in [2.24, 2.45) is 0 Å². The molecule has 0 unspecified atom stereocenters. The first kappa shape index (κ1) is 22.0. The summed E-state index contributed by atoms with van der Waals surface area (Å²) in [5, 5.41) is 12.1. The van der Waals surface area contributed by atoms with Crippen molar-refractivity contribution in [2.75, 3.05) is 12.0 Å². The van der Waals surface area contributed by atoms with Crippen LogP contribution in [0.1, 0.15) is 36.6 Å². The number of hydrogen-bond donors (Lipinski definition) is 0. The molecule has 166 valence electrons. The van der Waals surface area contributed by atoms with Crippen LogP contribution >= 0.6 is 11.6 Å². The highest BCUT2D eigenvalue weighted by Crippen LogP contribution is 2.37. The fourth-order valence-corrected chi connectivity index (χ4v) is 3.49. The quantitative estimate of drug-likeness (QED) is 0.228. The van der Waals surface area contributed by atoms with Gasteiger partial charge in [0.25, 0.3) is 17.5 Å². The minimum atomic E-state index is -0.782. The molecule has 0 N–H and O–H groups in total. The maximum absolute atomic E-state index is 13.0. The molecule has 10 heteroatoms. The van der Waals surface area contributed by atoms with E-state index in [0.29, 0.717) is 9.92 Å². The third-order valence-electron chi connectivity index (χ3n) is 5.03. The Morgan fingerprint density at radius 1 is 1.00 bits per heavy atom. The zero-order valence-electron chi connectivity index (χ0n) is 17.1. The van der Waals surface area contributed by atoms with Crippen LogP contribution in [0, 0.1) is 10.1 Å². The number of ether oxygens (including phenoxy) is 2. The second-order valence-electron chi connectivity index (χ2n) is 7.02.